The van der Waals surface area contributed by atoms with Crippen LogP contribution in [0.1, 0.15) is 6.42 Å². The van der Waals surface area contributed by atoms with Gasteiger partial charge in [0.1, 0.15) is 0 Å². The smallest absolute Gasteiger partial charge is 0.317 e. The van der Waals surface area contributed by atoms with Gasteiger partial charge in [0.15, 0.2) is 0 Å². The van der Waals surface area contributed by atoms with Crippen molar-refractivity contribution in [1.82, 2.24) is 35.1 Å². The van der Waals surface area contributed by atoms with Crippen molar-refractivity contribution in [3.05, 3.63) is 12.2 Å². The van der Waals surface area contributed by atoms with Crippen LogP contribution in [0.3, 0.4) is 0 Å². The van der Waals surface area contributed by atoms with Crippen LogP contribution in [0, 0.1) is 0 Å². The molecule has 0 aliphatic carbocycles. The van der Waals surface area contributed by atoms with Crippen LogP contribution < -0.4 is 10.6 Å². The van der Waals surface area contributed by atoms with Gasteiger partial charge in [0.05, 0.1) is 330 Å². The standard InChI is InChI=1S/C71H131N7O33/c79-65(3-6-78-67(81)1-2-68(78)82)72-4-15-89-17-19-91-21-23-93-25-27-95-29-31-97-33-35-99-37-39-101-41-43-103-45-47-105-49-51-107-53-55-109-57-59-111-60-58-110-56-54-108-52-50-106-48-46-104-44-42-102-40-38-100-36-34-98-32-30-96-28-26-94-24-22-92-20-18-90-16-5-73-66(80)61-74-7-9-75(62-69(83)84)11-13-77(64-71(87)88)14-12-76(10-8-74)63-70(85)86/h1-2H,3-64H2,(H,72,79)(H,73,80)(H,83,84)(H,85,86)(H,87,88). The molecule has 0 unspecified atom stereocenters. The molecule has 1 fully saturated rings. The van der Waals surface area contributed by atoms with Gasteiger partial charge in [-0.1, -0.05) is 0 Å². The SMILES string of the molecule is O=C(O)CN1CCN(CC(=O)O)CCN(CC(=O)NCCOCCOCCOCCOCCOCCOCCOCCOCCOCCOCCOCCOCCOCCOCCOCCOCCOCCOCCOCCOCCOCCOCCOCCNC(=O)CCN2C(=O)C=CC2=O)CCN(CC(=O)O)CC1. The molecule has 0 aromatic heterocycles. The van der Waals surface area contributed by atoms with Crippen LogP contribution in [0.2, 0.25) is 0 Å². The lowest BCUT2D eigenvalue weighted by molar-refractivity contribution is -0.140. The van der Waals surface area contributed by atoms with Gasteiger partial charge in [0, 0.05) is 90.6 Å². The molecule has 0 atom stereocenters. The first kappa shape index (κ1) is 102. The molecule has 0 bridgehead atoms. The molecule has 2 heterocycles. The van der Waals surface area contributed by atoms with Gasteiger partial charge in [-0.25, -0.2) is 0 Å². The third-order valence-electron chi connectivity index (χ3n) is 15.2. The highest BCUT2D eigenvalue weighted by Gasteiger charge is 2.24. The first-order chi connectivity index (χ1) is 54.4. The van der Waals surface area contributed by atoms with Crippen LogP contribution in [0.4, 0.5) is 0 Å². The minimum absolute atomic E-state index is 0.0223. The summed E-state index contributed by atoms with van der Waals surface area (Å²) in [6, 6.07) is 0. The number of imide groups is 1. The van der Waals surface area contributed by atoms with E-state index in [1.807, 2.05) is 4.90 Å². The number of hydrogen-bond acceptors (Lipinski definition) is 34. The fourth-order valence-electron chi connectivity index (χ4n) is 9.46. The maximum absolute atomic E-state index is 12.8. The van der Waals surface area contributed by atoms with E-state index >= 15 is 0 Å². The van der Waals surface area contributed by atoms with Gasteiger partial charge in [-0.15, -0.1) is 0 Å². The number of nitrogens with one attached hydrogen (secondary N) is 2. The van der Waals surface area contributed by atoms with Crippen molar-refractivity contribution in [2.75, 3.05) is 402 Å². The predicted octanol–water partition coefficient (Wildman–Crippen LogP) is -3.61. The van der Waals surface area contributed by atoms with Crippen molar-refractivity contribution in [3.63, 3.8) is 0 Å². The summed E-state index contributed by atoms with van der Waals surface area (Å²) in [7, 11) is 0. The van der Waals surface area contributed by atoms with Gasteiger partial charge in [-0.2, -0.15) is 0 Å². The molecule has 4 amide bonds. The second-order valence-corrected chi connectivity index (χ2v) is 24.0. The number of carbonyl (C=O) groups is 7. The number of ether oxygens (including phenoxy) is 23. The Bertz CT molecular complexity index is 2200. The van der Waals surface area contributed by atoms with Crippen LogP contribution in [0.25, 0.3) is 0 Å². The molecule has 40 heteroatoms. The third kappa shape index (κ3) is 71.4. The van der Waals surface area contributed by atoms with E-state index in [0.29, 0.717) is 356 Å². The van der Waals surface area contributed by atoms with E-state index in [9.17, 15) is 48.9 Å². The van der Waals surface area contributed by atoms with Crippen molar-refractivity contribution >= 4 is 41.5 Å². The summed E-state index contributed by atoms with van der Waals surface area (Å²) in [5.41, 5.74) is 0. The quantitative estimate of drug-likeness (QED) is 0.0290. The molecule has 1 saturated heterocycles. The van der Waals surface area contributed by atoms with Crippen LogP contribution in [0.5, 0.6) is 0 Å². The minimum Gasteiger partial charge on any atom is -0.480 e. The lowest BCUT2D eigenvalue weighted by Crippen LogP contribution is -2.50. The van der Waals surface area contributed by atoms with Gasteiger partial charge in [-0.05, 0) is 0 Å². The molecule has 0 saturated carbocycles. The van der Waals surface area contributed by atoms with Gasteiger partial charge >= 0.3 is 17.9 Å². The van der Waals surface area contributed by atoms with E-state index in [1.165, 1.54) is 12.2 Å². The summed E-state index contributed by atoms with van der Waals surface area (Å²) in [6.45, 7) is 22.3. The van der Waals surface area contributed by atoms with Gasteiger partial charge in [0.2, 0.25) is 11.8 Å². The van der Waals surface area contributed by atoms with E-state index in [-0.39, 0.29) is 64.1 Å². The van der Waals surface area contributed by atoms with Gasteiger partial charge < -0.3 is 135 Å². The average Bonchev–Trinajstić information content (AvgIpc) is 1.74. The molecule has 0 spiro atoms. The first-order valence-corrected chi connectivity index (χ1v) is 38.3. The van der Waals surface area contributed by atoms with Crippen LogP contribution in [-0.4, -0.2) is 483 Å². The summed E-state index contributed by atoms with van der Waals surface area (Å²) in [6.07, 6.45) is 2.42. The molecular formula is C71H131N7O33. The summed E-state index contributed by atoms with van der Waals surface area (Å²) in [5, 5.41) is 33.7. The van der Waals surface area contributed by atoms with E-state index in [2.05, 4.69) is 10.6 Å². The predicted molar refractivity (Wildman–Crippen MR) is 394 cm³/mol. The van der Waals surface area contributed by atoms with Crippen LogP contribution in [-0.2, 0) is 143 Å². The molecule has 0 aromatic rings. The van der Waals surface area contributed by atoms with Crippen molar-refractivity contribution < 1.29 is 158 Å². The molecule has 40 nitrogen and oxygen atoms in total. The Balaban J connectivity index is 1.16. The summed E-state index contributed by atoms with van der Waals surface area (Å²) < 4.78 is 127. The highest BCUT2D eigenvalue weighted by atomic mass is 16.6. The largest absolute Gasteiger partial charge is 0.480 e. The lowest BCUT2D eigenvalue weighted by Gasteiger charge is -2.32. The monoisotopic (exact) mass is 1610 g/mol. The third-order valence-corrected chi connectivity index (χ3v) is 15.2. The molecule has 111 heavy (non-hydrogen) atoms. The topological polar surface area (TPSA) is 433 Å². The normalized spacial score (nSPS) is 14.4. The fraction of sp³-hybridized carbons (Fsp3) is 0.873. The Hall–Kier alpha value is -4.85. The van der Waals surface area contributed by atoms with Crippen molar-refractivity contribution in [2.24, 2.45) is 0 Å². The second kappa shape index (κ2) is 79.0. The summed E-state index contributed by atoms with van der Waals surface area (Å²) >= 11 is 0. The maximum Gasteiger partial charge on any atom is 0.317 e. The Labute approximate surface area is 653 Å². The summed E-state index contributed by atoms with van der Waals surface area (Å²) in [5.74, 6) is -4.39. The molecule has 2 rings (SSSR count). The fourth-order valence-corrected chi connectivity index (χ4v) is 9.46. The molecule has 0 aromatic carbocycles. The number of nitrogens with zero attached hydrogens (tertiary/aromatic N) is 5. The zero-order valence-corrected chi connectivity index (χ0v) is 65.3. The Morgan fingerprint density at radius 2 is 0.396 bits per heavy atom. The van der Waals surface area contributed by atoms with E-state index in [0.717, 1.165) is 4.90 Å². The van der Waals surface area contributed by atoms with Crippen molar-refractivity contribution in [2.45, 2.75) is 6.42 Å². The highest BCUT2D eigenvalue weighted by Crippen LogP contribution is 2.05. The number of rotatable bonds is 83. The molecular weight excluding hydrogens is 1480 g/mol. The molecule has 5 N–H and O–H groups in total. The first-order valence-electron chi connectivity index (χ1n) is 38.3. The number of amides is 4. The summed E-state index contributed by atoms with van der Waals surface area (Å²) in [4.78, 5) is 90.1. The number of carboxylic acids is 3. The zero-order valence-electron chi connectivity index (χ0n) is 65.3. The number of aliphatic carboxylic acids is 3. The molecule has 2 aliphatic heterocycles. The number of carboxylic acid groups (broad SMARTS) is 3. The van der Waals surface area contributed by atoms with Crippen LogP contribution in [0.15, 0.2) is 12.2 Å². The average molecular weight is 1610 g/mol. The Kier molecular flexibility index (Phi) is 72.8. The molecule has 0 radical (unpaired) electrons. The zero-order chi connectivity index (χ0) is 79.9. The number of carbonyl (C=O) groups excluding carboxylic acids is 4. The minimum atomic E-state index is -1.03. The maximum atomic E-state index is 12.8. The number of hydrogen-bond donors (Lipinski definition) is 5. The molecule has 2 aliphatic rings. The highest BCUT2D eigenvalue weighted by molar-refractivity contribution is 6.13. The van der Waals surface area contributed by atoms with E-state index in [1.54, 1.807) is 14.7 Å². The van der Waals surface area contributed by atoms with Crippen molar-refractivity contribution in [1.29, 1.82) is 0 Å². The molecule has 648 valence electrons. The van der Waals surface area contributed by atoms with Crippen molar-refractivity contribution in [3.8, 4) is 0 Å². The lowest BCUT2D eigenvalue weighted by atomic mass is 10.3. The Morgan fingerprint density at radius 1 is 0.243 bits per heavy atom. The second-order valence-electron chi connectivity index (χ2n) is 24.0. The van der Waals surface area contributed by atoms with E-state index < -0.39 is 29.7 Å². The van der Waals surface area contributed by atoms with Gasteiger partial charge in [0.25, 0.3) is 11.8 Å². The Morgan fingerprint density at radius 3 is 0.568 bits per heavy atom. The van der Waals surface area contributed by atoms with Crippen LogP contribution >= 0.6 is 0 Å². The van der Waals surface area contributed by atoms with Gasteiger partial charge in [-0.3, -0.25) is 58.1 Å². The van der Waals surface area contributed by atoms with E-state index in [4.69, 9.17) is 109 Å².